The minimum absolute atomic E-state index is 0.0678. The van der Waals surface area contributed by atoms with Gasteiger partial charge in [-0.05, 0) is 84.2 Å². The summed E-state index contributed by atoms with van der Waals surface area (Å²) in [4.78, 5) is 66.4. The third kappa shape index (κ3) is 16.0. The number of benzene rings is 3. The van der Waals surface area contributed by atoms with Crippen LogP contribution in [-0.2, 0) is 90.3 Å². The summed E-state index contributed by atoms with van der Waals surface area (Å²) in [6.45, 7) is 6.74. The lowest BCUT2D eigenvalue weighted by molar-refractivity contribution is -0.102. The Morgan fingerprint density at radius 1 is 0.527 bits per heavy atom. The van der Waals surface area contributed by atoms with E-state index < -0.39 is 27.1 Å². The molecule has 3 fully saturated rings. The smallest absolute Gasteiger partial charge is 0.475 e. The van der Waals surface area contributed by atoms with Gasteiger partial charge in [0.1, 0.15) is 43.9 Å². The molecule has 29 heteroatoms. The Balaban J connectivity index is 0.000000134. The Kier molecular flexibility index (Phi) is 20.1. The van der Waals surface area contributed by atoms with Crippen LogP contribution in [0.3, 0.4) is 0 Å². The van der Waals surface area contributed by atoms with Crippen LogP contribution in [0.2, 0.25) is 0 Å². The van der Waals surface area contributed by atoms with Crippen molar-refractivity contribution in [2.24, 2.45) is 0 Å². The number of rotatable bonds is 16. The molecule has 0 N–H and O–H groups in total. The Hall–Kier alpha value is -9.10. The maximum Gasteiger partial charge on any atom is 0.534 e. The fourth-order valence-corrected chi connectivity index (χ4v) is 11.6. The first kappa shape index (κ1) is 64.0. The van der Waals surface area contributed by atoms with Crippen molar-refractivity contribution in [3.8, 4) is 57.2 Å². The van der Waals surface area contributed by atoms with Gasteiger partial charge in [0.25, 0.3) is 0 Å². The SMILES string of the molecule is O=c1nc(OCC2COCCO2)cc2n1CCc1cc(/C=C/c3cnccn3)ccc1-2.O=c1nc(OCC2COCCO2)cc2n1CCc1cc(CCc3cnccn3)ccc1-2.O=c1nc(OCC2COCCO2)cc2n1CCc1cc(OS(=O)(=O)C(F)(F)F)ccc1-2. The minimum atomic E-state index is -5.78. The molecule has 486 valence electrons. The molecule has 3 unspecified atom stereocenters. The number of hydrogen-bond donors (Lipinski definition) is 0. The average molecular weight is 1300 g/mol. The molecular formula is C64H63F3N10O15S. The van der Waals surface area contributed by atoms with E-state index in [0.717, 1.165) is 71.2 Å². The first-order valence-electron chi connectivity index (χ1n) is 30.1. The molecule has 0 spiro atoms. The molecule has 14 rings (SSSR count). The van der Waals surface area contributed by atoms with Crippen molar-refractivity contribution in [2.75, 3.05) is 79.3 Å². The second-order valence-electron chi connectivity index (χ2n) is 22.0. The highest BCUT2D eigenvalue weighted by Crippen LogP contribution is 2.36. The van der Waals surface area contributed by atoms with Gasteiger partial charge >= 0.3 is 32.7 Å². The average Bonchev–Trinajstić information content (AvgIpc) is 0.806. The van der Waals surface area contributed by atoms with Crippen LogP contribution in [0.5, 0.6) is 23.4 Å². The van der Waals surface area contributed by atoms with E-state index in [0.29, 0.717) is 114 Å². The number of alkyl halides is 3. The van der Waals surface area contributed by atoms with Crippen LogP contribution < -0.4 is 35.5 Å². The van der Waals surface area contributed by atoms with E-state index >= 15 is 0 Å². The second kappa shape index (κ2) is 29.2. The van der Waals surface area contributed by atoms with Gasteiger partial charge in [-0.3, -0.25) is 33.6 Å². The van der Waals surface area contributed by atoms with Crippen molar-refractivity contribution in [2.45, 2.75) is 75.6 Å². The summed E-state index contributed by atoms with van der Waals surface area (Å²) < 4.78 is 119. The first-order chi connectivity index (χ1) is 45.2. The molecule has 5 aromatic heterocycles. The lowest BCUT2D eigenvalue weighted by Gasteiger charge is -2.24. The molecule has 3 aromatic carbocycles. The summed E-state index contributed by atoms with van der Waals surface area (Å²) in [5.74, 6) is 0.236. The van der Waals surface area contributed by atoms with Gasteiger partial charge in [0.2, 0.25) is 17.6 Å². The Morgan fingerprint density at radius 2 is 1.00 bits per heavy atom. The van der Waals surface area contributed by atoms with Gasteiger partial charge in [0.15, 0.2) is 0 Å². The van der Waals surface area contributed by atoms with Gasteiger partial charge in [-0.25, -0.2) is 14.4 Å². The molecule has 8 aromatic rings. The highest BCUT2D eigenvalue weighted by Gasteiger charge is 2.48. The fraction of sp³-hybridized carbons (Fsp3) is 0.375. The van der Waals surface area contributed by atoms with Crippen LogP contribution in [0, 0.1) is 0 Å². The van der Waals surface area contributed by atoms with Gasteiger partial charge in [-0.15, -0.1) is 0 Å². The summed E-state index contributed by atoms with van der Waals surface area (Å²) in [7, 11) is -5.78. The summed E-state index contributed by atoms with van der Waals surface area (Å²) in [5, 5.41) is 0. The van der Waals surface area contributed by atoms with Crippen LogP contribution in [0.25, 0.3) is 45.9 Å². The van der Waals surface area contributed by atoms with Crippen molar-refractivity contribution in [1.82, 2.24) is 48.6 Å². The summed E-state index contributed by atoms with van der Waals surface area (Å²) in [5.41, 5.74) is 5.10. The Bertz CT molecular complexity index is 4280. The molecule has 6 aliphatic rings. The maximum absolute atomic E-state index is 12.6. The molecule has 6 aliphatic heterocycles. The molecule has 93 heavy (non-hydrogen) atoms. The second-order valence-corrected chi connectivity index (χ2v) is 23.5. The van der Waals surface area contributed by atoms with E-state index in [1.165, 1.54) is 39.5 Å². The topological polar surface area (TPSA) is 283 Å². The van der Waals surface area contributed by atoms with Crippen LogP contribution in [0.1, 0.15) is 39.2 Å². The van der Waals surface area contributed by atoms with E-state index in [4.69, 9.17) is 42.6 Å². The van der Waals surface area contributed by atoms with Gasteiger partial charge < -0.3 is 46.8 Å². The molecule has 0 saturated carbocycles. The third-order valence-corrected chi connectivity index (χ3v) is 16.7. The Labute approximate surface area is 529 Å². The molecule has 11 heterocycles. The van der Waals surface area contributed by atoms with Crippen molar-refractivity contribution in [1.29, 1.82) is 0 Å². The largest absolute Gasteiger partial charge is 0.534 e. The highest BCUT2D eigenvalue weighted by atomic mass is 32.2. The Morgan fingerprint density at radius 3 is 1.46 bits per heavy atom. The van der Waals surface area contributed by atoms with Crippen molar-refractivity contribution in [3.63, 3.8) is 0 Å². The zero-order valence-corrected chi connectivity index (χ0v) is 50.9. The summed E-state index contributed by atoms with van der Waals surface area (Å²) in [6, 6.07) is 21.6. The van der Waals surface area contributed by atoms with Gasteiger partial charge in [0.05, 0.1) is 94.1 Å². The number of halogens is 3. The van der Waals surface area contributed by atoms with E-state index in [2.05, 4.69) is 63.3 Å². The van der Waals surface area contributed by atoms with E-state index in [1.54, 1.807) is 46.3 Å². The molecule has 0 radical (unpaired) electrons. The number of fused-ring (bicyclic) bond motifs is 9. The molecule has 0 aliphatic carbocycles. The molecule has 0 amide bonds. The zero-order chi connectivity index (χ0) is 64.3. The van der Waals surface area contributed by atoms with Crippen molar-refractivity contribution in [3.05, 3.63) is 181 Å². The molecule has 3 saturated heterocycles. The number of aryl methyl sites for hydroxylation is 5. The lowest BCUT2D eigenvalue weighted by atomic mass is 9.94. The maximum atomic E-state index is 12.6. The number of nitrogens with zero attached hydrogens (tertiary/aromatic N) is 10. The van der Waals surface area contributed by atoms with Crippen LogP contribution in [0.4, 0.5) is 13.2 Å². The number of aromatic nitrogens is 10. The lowest BCUT2D eigenvalue weighted by Crippen LogP contribution is -2.34. The number of hydrogen-bond acceptors (Lipinski definition) is 22. The summed E-state index contributed by atoms with van der Waals surface area (Å²) in [6.07, 6.45) is 17.2. The van der Waals surface area contributed by atoms with E-state index in [-0.39, 0.29) is 55.1 Å². The monoisotopic (exact) mass is 1300 g/mol. The van der Waals surface area contributed by atoms with Gasteiger partial charge in [-0.1, -0.05) is 42.5 Å². The van der Waals surface area contributed by atoms with Crippen molar-refractivity contribution >= 4 is 22.3 Å². The minimum Gasteiger partial charge on any atom is -0.475 e. The number of ether oxygens (including phenoxy) is 9. The van der Waals surface area contributed by atoms with Crippen molar-refractivity contribution < 1.29 is 68.4 Å². The molecule has 0 bridgehead atoms. The molecular weight excluding hydrogens is 1240 g/mol. The predicted octanol–water partition coefficient (Wildman–Crippen LogP) is 5.55. The summed E-state index contributed by atoms with van der Waals surface area (Å²) >= 11 is 0. The molecule has 3 atom stereocenters. The predicted molar refractivity (Wildman–Crippen MR) is 327 cm³/mol. The van der Waals surface area contributed by atoms with Crippen LogP contribution in [-0.4, -0.2) is 160 Å². The molecule has 25 nitrogen and oxygen atoms in total. The third-order valence-electron chi connectivity index (χ3n) is 15.7. The zero-order valence-electron chi connectivity index (χ0n) is 50.1. The fourth-order valence-electron chi connectivity index (χ4n) is 11.1. The standard InChI is InChI=1S/C23H24N4O4.C23H22N4O4.C18H17F3N2O7S/c2*28-23-26-22(31-15-19-14-29-9-10-30-19)12-21-20-4-2-16(11-17(20)5-8-27(21)23)1-3-18-13-24-6-7-25-18;19-18(20,21)31(25,26)30-12-1-2-14-11(7-12)3-4-23-15(14)8-16(22-17(23)24)29-10-13-9-27-5-6-28-13/h2,4,6-7,11-13,19H,1,3,5,8-10,14-15H2;1-4,6-7,11-13,19H,5,8-10,14-15H2;1-2,7-8,13H,3-6,9-10H2/b;3-1+;. The first-order valence-corrected chi connectivity index (χ1v) is 31.5. The van der Waals surface area contributed by atoms with E-state index in [9.17, 15) is 36.0 Å². The quantitative estimate of drug-likeness (QED) is 0.0847. The van der Waals surface area contributed by atoms with Gasteiger partial charge in [0, 0.05) is 85.5 Å². The van der Waals surface area contributed by atoms with Gasteiger partial charge in [-0.2, -0.15) is 36.5 Å². The highest BCUT2D eigenvalue weighted by molar-refractivity contribution is 7.88. The normalized spacial score (nSPS) is 18.1. The van der Waals surface area contributed by atoms with Crippen LogP contribution >= 0.6 is 0 Å². The van der Waals surface area contributed by atoms with E-state index in [1.807, 2.05) is 36.4 Å². The van der Waals surface area contributed by atoms with Crippen LogP contribution in [0.15, 0.2) is 124 Å².